The maximum Gasteiger partial charge on any atom is 0.270 e. The van der Waals surface area contributed by atoms with Gasteiger partial charge in [0.25, 0.3) is 11.8 Å². The van der Waals surface area contributed by atoms with E-state index in [1.165, 1.54) is 6.08 Å². The van der Waals surface area contributed by atoms with Gasteiger partial charge in [0.2, 0.25) is 0 Å². The van der Waals surface area contributed by atoms with E-state index in [1.807, 2.05) is 6.92 Å². The summed E-state index contributed by atoms with van der Waals surface area (Å²) < 4.78 is 5.39. The first-order chi connectivity index (χ1) is 12.9. The average Bonchev–Trinajstić information content (AvgIpc) is 2.63. The van der Waals surface area contributed by atoms with E-state index in [-0.39, 0.29) is 20.7 Å². The van der Waals surface area contributed by atoms with Crippen molar-refractivity contribution in [3.05, 3.63) is 63.6 Å². The van der Waals surface area contributed by atoms with Crippen molar-refractivity contribution in [2.45, 2.75) is 6.92 Å². The van der Waals surface area contributed by atoms with Crippen LogP contribution in [0.15, 0.2) is 48.0 Å². The van der Waals surface area contributed by atoms with Gasteiger partial charge in [0.15, 0.2) is 5.11 Å². The first kappa shape index (κ1) is 19.4. The highest BCUT2D eigenvalue weighted by Gasteiger charge is 2.35. The molecule has 3 rings (SSSR count). The summed E-state index contributed by atoms with van der Waals surface area (Å²) in [5, 5.41) is 2.90. The molecule has 0 radical (unpaired) electrons. The fraction of sp³-hybridized carbons (Fsp3) is 0.105. The third-order valence-corrected chi connectivity index (χ3v) is 4.87. The molecule has 1 N–H and O–H groups in total. The highest BCUT2D eigenvalue weighted by molar-refractivity contribution is 7.80. The Morgan fingerprint density at radius 1 is 1.15 bits per heavy atom. The molecule has 0 atom stereocenters. The van der Waals surface area contributed by atoms with Gasteiger partial charge in [-0.2, -0.15) is 0 Å². The normalized spacial score (nSPS) is 15.9. The number of rotatable bonds is 4. The van der Waals surface area contributed by atoms with Crippen LogP contribution in [-0.4, -0.2) is 23.5 Å². The molecule has 138 valence electrons. The molecule has 1 heterocycles. The van der Waals surface area contributed by atoms with Crippen LogP contribution in [0.5, 0.6) is 5.75 Å². The van der Waals surface area contributed by atoms with Gasteiger partial charge in [-0.05, 0) is 55.0 Å². The van der Waals surface area contributed by atoms with Crippen LogP contribution in [0.4, 0.5) is 5.69 Å². The van der Waals surface area contributed by atoms with E-state index in [2.05, 4.69) is 5.32 Å². The second-order valence-corrected chi connectivity index (χ2v) is 6.70. The lowest BCUT2D eigenvalue weighted by Crippen LogP contribution is -2.54. The largest absolute Gasteiger partial charge is 0.494 e. The Kier molecular flexibility index (Phi) is 5.79. The molecule has 5 nitrogen and oxygen atoms in total. The molecule has 0 unspecified atom stereocenters. The molecule has 0 aromatic heterocycles. The zero-order valence-corrected chi connectivity index (χ0v) is 16.5. The Balaban J connectivity index is 1.98. The van der Waals surface area contributed by atoms with E-state index in [1.54, 1.807) is 42.5 Å². The van der Waals surface area contributed by atoms with Gasteiger partial charge in [-0.3, -0.25) is 19.8 Å². The summed E-state index contributed by atoms with van der Waals surface area (Å²) in [7, 11) is 0. The van der Waals surface area contributed by atoms with Crippen molar-refractivity contribution in [2.75, 3.05) is 11.5 Å². The number of nitrogens with one attached hydrogen (secondary N) is 1. The highest BCUT2D eigenvalue weighted by atomic mass is 35.5. The Labute approximate surface area is 171 Å². The molecule has 8 heteroatoms. The number of thiocarbonyl (C=S) groups is 1. The van der Waals surface area contributed by atoms with Crippen molar-refractivity contribution in [1.82, 2.24) is 5.32 Å². The second kappa shape index (κ2) is 8.08. The standard InChI is InChI=1S/C19H14Cl2N2O3S/c1-2-26-12-8-6-11(7-9-12)10-13-17(24)22-19(27)23(18(13)25)15-5-3-4-14(20)16(15)21/h3-10H,2H2,1H3,(H,22,24,27)/b13-10+. The molecular weight excluding hydrogens is 407 g/mol. The quantitative estimate of drug-likeness (QED) is 0.456. The van der Waals surface area contributed by atoms with Crippen LogP contribution >= 0.6 is 35.4 Å². The minimum Gasteiger partial charge on any atom is -0.494 e. The van der Waals surface area contributed by atoms with Crippen LogP contribution in [0.25, 0.3) is 6.08 Å². The van der Waals surface area contributed by atoms with E-state index in [0.717, 1.165) is 4.90 Å². The van der Waals surface area contributed by atoms with Gasteiger partial charge in [-0.15, -0.1) is 0 Å². The summed E-state index contributed by atoms with van der Waals surface area (Å²) >= 11 is 17.4. The molecule has 0 spiro atoms. The molecule has 0 aliphatic carbocycles. The SMILES string of the molecule is CCOc1ccc(/C=C2\C(=O)NC(=S)N(c3cccc(Cl)c3Cl)C2=O)cc1. The number of nitrogens with zero attached hydrogens (tertiary/aromatic N) is 1. The third kappa shape index (κ3) is 3.98. The van der Waals surface area contributed by atoms with E-state index in [0.29, 0.717) is 23.6 Å². The van der Waals surface area contributed by atoms with Crippen LogP contribution in [0.3, 0.4) is 0 Å². The first-order valence-electron chi connectivity index (χ1n) is 8.00. The molecule has 1 saturated heterocycles. The highest BCUT2D eigenvalue weighted by Crippen LogP contribution is 2.34. The Morgan fingerprint density at radius 2 is 1.85 bits per heavy atom. The van der Waals surface area contributed by atoms with Crippen molar-refractivity contribution < 1.29 is 14.3 Å². The van der Waals surface area contributed by atoms with Crippen LogP contribution in [-0.2, 0) is 9.59 Å². The first-order valence-corrected chi connectivity index (χ1v) is 9.17. The van der Waals surface area contributed by atoms with Crippen molar-refractivity contribution in [3.8, 4) is 5.75 Å². The number of carbonyl (C=O) groups excluding carboxylic acids is 2. The minimum atomic E-state index is -0.582. The van der Waals surface area contributed by atoms with Gasteiger partial charge in [0.1, 0.15) is 11.3 Å². The maximum atomic E-state index is 13.0. The number of hydrogen-bond acceptors (Lipinski definition) is 4. The Bertz CT molecular complexity index is 958. The minimum absolute atomic E-state index is 0.0574. The van der Waals surface area contributed by atoms with E-state index >= 15 is 0 Å². The molecule has 2 aromatic carbocycles. The average molecular weight is 421 g/mol. The fourth-order valence-electron chi connectivity index (χ4n) is 2.53. The summed E-state index contributed by atoms with van der Waals surface area (Å²) in [5.74, 6) is -0.456. The zero-order valence-electron chi connectivity index (χ0n) is 14.2. The zero-order chi connectivity index (χ0) is 19.6. The van der Waals surface area contributed by atoms with Gasteiger partial charge >= 0.3 is 0 Å². The second-order valence-electron chi connectivity index (χ2n) is 5.53. The summed E-state index contributed by atoms with van der Waals surface area (Å²) in [6.45, 7) is 2.44. The number of halogens is 2. The van der Waals surface area contributed by atoms with Crippen LogP contribution in [0, 0.1) is 0 Å². The van der Waals surface area contributed by atoms with E-state index in [9.17, 15) is 9.59 Å². The third-order valence-electron chi connectivity index (χ3n) is 3.78. The summed E-state index contributed by atoms with van der Waals surface area (Å²) in [5.41, 5.74) is 0.905. The molecule has 0 saturated carbocycles. The summed E-state index contributed by atoms with van der Waals surface area (Å²) in [4.78, 5) is 26.4. The van der Waals surface area contributed by atoms with Gasteiger partial charge in [0.05, 0.1) is 22.3 Å². The molecule has 1 aliphatic heterocycles. The predicted molar refractivity (Wildman–Crippen MR) is 110 cm³/mol. The van der Waals surface area contributed by atoms with E-state index < -0.39 is 11.8 Å². The van der Waals surface area contributed by atoms with Crippen molar-refractivity contribution >= 4 is 64.1 Å². The van der Waals surface area contributed by atoms with Gasteiger partial charge < -0.3 is 4.74 Å². The molecule has 1 aliphatic rings. The number of amides is 2. The number of anilines is 1. The molecular formula is C19H14Cl2N2O3S. The van der Waals surface area contributed by atoms with Crippen molar-refractivity contribution in [1.29, 1.82) is 0 Å². The lowest BCUT2D eigenvalue weighted by Gasteiger charge is -2.29. The Hall–Kier alpha value is -2.41. The summed E-state index contributed by atoms with van der Waals surface area (Å²) in [6.07, 6.45) is 1.49. The lowest BCUT2D eigenvalue weighted by molar-refractivity contribution is -0.122. The molecule has 2 amide bonds. The van der Waals surface area contributed by atoms with Crippen molar-refractivity contribution in [3.63, 3.8) is 0 Å². The molecule has 1 fully saturated rings. The van der Waals surface area contributed by atoms with Crippen LogP contribution in [0.1, 0.15) is 12.5 Å². The Morgan fingerprint density at radius 3 is 2.52 bits per heavy atom. The van der Waals surface area contributed by atoms with Gasteiger partial charge in [0, 0.05) is 0 Å². The monoisotopic (exact) mass is 420 g/mol. The lowest BCUT2D eigenvalue weighted by atomic mass is 10.1. The predicted octanol–water partition coefficient (Wildman–Crippen LogP) is 4.22. The number of hydrogen-bond donors (Lipinski definition) is 1. The number of ether oxygens (including phenoxy) is 1. The molecule has 27 heavy (non-hydrogen) atoms. The van der Waals surface area contributed by atoms with Crippen LogP contribution in [0.2, 0.25) is 10.0 Å². The topological polar surface area (TPSA) is 58.6 Å². The van der Waals surface area contributed by atoms with E-state index in [4.69, 9.17) is 40.2 Å². The van der Waals surface area contributed by atoms with Gasteiger partial charge in [-0.25, -0.2) is 0 Å². The van der Waals surface area contributed by atoms with Crippen LogP contribution < -0.4 is 15.0 Å². The molecule has 0 bridgehead atoms. The maximum absolute atomic E-state index is 13.0. The number of benzene rings is 2. The molecule has 2 aromatic rings. The van der Waals surface area contributed by atoms with Gasteiger partial charge in [-0.1, -0.05) is 41.4 Å². The smallest absolute Gasteiger partial charge is 0.270 e. The van der Waals surface area contributed by atoms with Crippen molar-refractivity contribution in [2.24, 2.45) is 0 Å². The number of carbonyl (C=O) groups is 2. The fourth-order valence-corrected chi connectivity index (χ4v) is 3.19. The summed E-state index contributed by atoms with van der Waals surface area (Å²) in [6, 6.07) is 11.9.